The molecule has 0 bridgehead atoms. The van der Waals surface area contributed by atoms with Crippen molar-refractivity contribution in [1.29, 1.82) is 0 Å². The fourth-order valence-electron chi connectivity index (χ4n) is 2.26. The first-order chi connectivity index (χ1) is 7.68. The van der Waals surface area contributed by atoms with E-state index in [0.29, 0.717) is 11.7 Å². The maximum absolute atomic E-state index is 9.88. The van der Waals surface area contributed by atoms with Gasteiger partial charge in [-0.15, -0.1) is 0 Å². The van der Waals surface area contributed by atoms with E-state index in [-0.39, 0.29) is 6.04 Å². The Balaban J connectivity index is 2.15. The van der Waals surface area contributed by atoms with E-state index in [4.69, 9.17) is 10.5 Å². The van der Waals surface area contributed by atoms with Crippen LogP contribution in [0.5, 0.6) is 5.75 Å². The number of phenolic OH excluding ortho intramolecular Hbond substituents is 1. The molecule has 0 radical (unpaired) electrons. The van der Waals surface area contributed by atoms with Crippen molar-refractivity contribution in [3.05, 3.63) is 29.3 Å². The molecule has 1 aromatic carbocycles. The molecule has 1 atom stereocenters. The summed E-state index contributed by atoms with van der Waals surface area (Å²) in [5, 5.41) is 9.88. The van der Waals surface area contributed by atoms with Crippen LogP contribution in [0.2, 0.25) is 0 Å². The summed E-state index contributed by atoms with van der Waals surface area (Å²) in [6, 6.07) is 5.62. The summed E-state index contributed by atoms with van der Waals surface area (Å²) in [6.45, 7) is 3.53. The van der Waals surface area contributed by atoms with Gasteiger partial charge >= 0.3 is 0 Å². The van der Waals surface area contributed by atoms with Crippen LogP contribution in [-0.4, -0.2) is 18.3 Å². The number of hydrogen-bond acceptors (Lipinski definition) is 3. The fraction of sp³-hybridized carbons (Fsp3) is 0.538. The van der Waals surface area contributed by atoms with Crippen LogP contribution in [0.15, 0.2) is 18.2 Å². The zero-order valence-corrected chi connectivity index (χ0v) is 9.65. The number of aryl methyl sites for hydroxylation is 1. The third-order valence-corrected chi connectivity index (χ3v) is 3.32. The zero-order valence-electron chi connectivity index (χ0n) is 9.65. The van der Waals surface area contributed by atoms with Gasteiger partial charge in [0.1, 0.15) is 5.75 Å². The lowest BCUT2D eigenvalue weighted by molar-refractivity contribution is 0.0581. The van der Waals surface area contributed by atoms with Crippen LogP contribution in [0.25, 0.3) is 0 Å². The maximum atomic E-state index is 9.88. The van der Waals surface area contributed by atoms with E-state index in [2.05, 4.69) is 0 Å². The van der Waals surface area contributed by atoms with Gasteiger partial charge in [-0.05, 0) is 37.3 Å². The molecule has 1 saturated heterocycles. The van der Waals surface area contributed by atoms with Gasteiger partial charge in [0, 0.05) is 24.8 Å². The minimum absolute atomic E-state index is 0.0792. The SMILES string of the molecule is Cc1ccc([C@@H](N)C2CCOCC2)c(O)c1. The molecule has 2 rings (SSSR count). The number of benzene rings is 1. The Kier molecular flexibility index (Phi) is 3.46. The molecule has 0 aliphatic carbocycles. The van der Waals surface area contributed by atoms with Gasteiger partial charge < -0.3 is 15.6 Å². The summed E-state index contributed by atoms with van der Waals surface area (Å²) < 4.78 is 5.32. The summed E-state index contributed by atoms with van der Waals surface area (Å²) in [5.74, 6) is 0.737. The molecule has 0 amide bonds. The van der Waals surface area contributed by atoms with Gasteiger partial charge in [-0.1, -0.05) is 12.1 Å². The highest BCUT2D eigenvalue weighted by atomic mass is 16.5. The quantitative estimate of drug-likeness (QED) is 0.804. The average molecular weight is 221 g/mol. The summed E-state index contributed by atoms with van der Waals surface area (Å²) in [7, 11) is 0. The average Bonchev–Trinajstić information content (AvgIpc) is 2.29. The standard InChI is InChI=1S/C13H19NO2/c1-9-2-3-11(12(15)8-9)13(14)10-4-6-16-7-5-10/h2-3,8,10,13,15H,4-7,14H2,1H3/t13-/m0/s1. The Morgan fingerprint density at radius 1 is 1.38 bits per heavy atom. The lowest BCUT2D eigenvalue weighted by Crippen LogP contribution is -2.27. The van der Waals surface area contributed by atoms with Crippen LogP contribution >= 0.6 is 0 Å². The van der Waals surface area contributed by atoms with Crippen LogP contribution < -0.4 is 5.73 Å². The van der Waals surface area contributed by atoms with Crippen LogP contribution in [-0.2, 0) is 4.74 Å². The van der Waals surface area contributed by atoms with E-state index >= 15 is 0 Å². The van der Waals surface area contributed by atoms with Gasteiger partial charge in [-0.2, -0.15) is 0 Å². The predicted molar refractivity (Wildman–Crippen MR) is 63.3 cm³/mol. The Hall–Kier alpha value is -1.06. The van der Waals surface area contributed by atoms with E-state index < -0.39 is 0 Å². The molecule has 0 saturated carbocycles. The highest BCUT2D eigenvalue weighted by Gasteiger charge is 2.23. The first kappa shape index (κ1) is 11.4. The van der Waals surface area contributed by atoms with Crippen LogP contribution in [0.4, 0.5) is 0 Å². The van der Waals surface area contributed by atoms with Gasteiger partial charge in [0.2, 0.25) is 0 Å². The number of phenols is 1. The fourth-order valence-corrected chi connectivity index (χ4v) is 2.26. The van der Waals surface area contributed by atoms with Crippen molar-refractivity contribution >= 4 is 0 Å². The van der Waals surface area contributed by atoms with E-state index in [1.165, 1.54) is 0 Å². The molecule has 1 aromatic rings. The van der Waals surface area contributed by atoms with Gasteiger partial charge in [0.05, 0.1) is 0 Å². The van der Waals surface area contributed by atoms with Crippen molar-refractivity contribution < 1.29 is 9.84 Å². The highest BCUT2D eigenvalue weighted by molar-refractivity contribution is 5.38. The largest absolute Gasteiger partial charge is 0.508 e. The van der Waals surface area contributed by atoms with Crippen molar-refractivity contribution in [1.82, 2.24) is 0 Å². The molecule has 1 aliphatic rings. The second-order valence-corrected chi connectivity index (χ2v) is 4.54. The molecule has 0 spiro atoms. The van der Waals surface area contributed by atoms with Gasteiger partial charge in [-0.3, -0.25) is 0 Å². The van der Waals surface area contributed by atoms with Crippen LogP contribution in [0.3, 0.4) is 0 Å². The third kappa shape index (κ3) is 2.36. The molecule has 1 heterocycles. The molecular formula is C13H19NO2. The molecule has 16 heavy (non-hydrogen) atoms. The summed E-state index contributed by atoms with van der Waals surface area (Å²) >= 11 is 0. The molecule has 3 heteroatoms. The minimum Gasteiger partial charge on any atom is -0.508 e. The first-order valence-corrected chi connectivity index (χ1v) is 5.81. The predicted octanol–water partition coefficient (Wildman–Crippen LogP) is 2.13. The zero-order chi connectivity index (χ0) is 11.5. The molecule has 0 aromatic heterocycles. The molecule has 3 N–H and O–H groups in total. The lowest BCUT2D eigenvalue weighted by atomic mass is 9.87. The topological polar surface area (TPSA) is 55.5 Å². The number of aromatic hydroxyl groups is 1. The Labute approximate surface area is 96.2 Å². The molecule has 0 unspecified atom stereocenters. The molecule has 1 aliphatic heterocycles. The normalized spacial score (nSPS) is 19.6. The van der Waals surface area contributed by atoms with Crippen molar-refractivity contribution in [3.8, 4) is 5.75 Å². The summed E-state index contributed by atoms with van der Waals surface area (Å²) in [4.78, 5) is 0. The van der Waals surface area contributed by atoms with Crippen molar-refractivity contribution in [2.45, 2.75) is 25.8 Å². The van der Waals surface area contributed by atoms with Crippen molar-refractivity contribution in [2.24, 2.45) is 11.7 Å². The highest BCUT2D eigenvalue weighted by Crippen LogP contribution is 2.33. The van der Waals surface area contributed by atoms with E-state index in [0.717, 1.165) is 37.2 Å². The summed E-state index contributed by atoms with van der Waals surface area (Å²) in [5.41, 5.74) is 8.12. The second kappa shape index (κ2) is 4.85. The third-order valence-electron chi connectivity index (χ3n) is 3.32. The molecular weight excluding hydrogens is 202 g/mol. The second-order valence-electron chi connectivity index (χ2n) is 4.54. The maximum Gasteiger partial charge on any atom is 0.120 e. The summed E-state index contributed by atoms with van der Waals surface area (Å²) in [6.07, 6.45) is 1.96. The van der Waals surface area contributed by atoms with Gasteiger partial charge in [0.15, 0.2) is 0 Å². The number of ether oxygens (including phenoxy) is 1. The number of nitrogens with two attached hydrogens (primary N) is 1. The Morgan fingerprint density at radius 2 is 2.06 bits per heavy atom. The van der Waals surface area contributed by atoms with Crippen LogP contribution in [0, 0.1) is 12.8 Å². The molecule has 3 nitrogen and oxygen atoms in total. The number of hydrogen-bond donors (Lipinski definition) is 2. The minimum atomic E-state index is -0.0792. The van der Waals surface area contributed by atoms with E-state index in [1.807, 2.05) is 19.1 Å². The smallest absolute Gasteiger partial charge is 0.120 e. The molecule has 1 fully saturated rings. The lowest BCUT2D eigenvalue weighted by Gasteiger charge is -2.28. The monoisotopic (exact) mass is 221 g/mol. The van der Waals surface area contributed by atoms with E-state index in [9.17, 15) is 5.11 Å². The van der Waals surface area contributed by atoms with Gasteiger partial charge in [0.25, 0.3) is 0 Å². The van der Waals surface area contributed by atoms with Crippen molar-refractivity contribution in [2.75, 3.05) is 13.2 Å². The van der Waals surface area contributed by atoms with E-state index in [1.54, 1.807) is 6.07 Å². The van der Waals surface area contributed by atoms with Crippen LogP contribution in [0.1, 0.15) is 30.0 Å². The molecule has 88 valence electrons. The van der Waals surface area contributed by atoms with Gasteiger partial charge in [-0.25, -0.2) is 0 Å². The number of rotatable bonds is 2. The first-order valence-electron chi connectivity index (χ1n) is 5.81. The Bertz CT molecular complexity index is 359. The van der Waals surface area contributed by atoms with Crippen molar-refractivity contribution in [3.63, 3.8) is 0 Å². The Morgan fingerprint density at radius 3 is 2.69 bits per heavy atom.